The summed E-state index contributed by atoms with van der Waals surface area (Å²) in [5.41, 5.74) is -1.06. The lowest BCUT2D eigenvalue weighted by molar-refractivity contribution is -0.385. The first kappa shape index (κ1) is 15.4. The van der Waals surface area contributed by atoms with Crippen LogP contribution in [0.25, 0.3) is 0 Å². The number of hydrogen-bond donors (Lipinski definition) is 2. The van der Waals surface area contributed by atoms with Crippen molar-refractivity contribution in [3.8, 4) is 0 Å². The molecular formula is C12H15ClN2O4. The summed E-state index contributed by atoms with van der Waals surface area (Å²) in [6.07, 6.45) is 0.340. The van der Waals surface area contributed by atoms with Gasteiger partial charge in [-0.1, -0.05) is 11.6 Å². The number of nitrogens with one attached hydrogen (secondary N) is 1. The standard InChI is InChI=1S/C12H15ClN2O4/c1-12(2,5-6-16)14-11(17)9-7-8(13)3-4-10(9)15(18)19/h3-4,7,16H,5-6H2,1-2H3,(H,14,17). The van der Waals surface area contributed by atoms with E-state index in [1.54, 1.807) is 13.8 Å². The fourth-order valence-electron chi connectivity index (χ4n) is 1.57. The predicted molar refractivity (Wildman–Crippen MR) is 71.4 cm³/mol. The van der Waals surface area contributed by atoms with Gasteiger partial charge in [0, 0.05) is 23.2 Å². The van der Waals surface area contributed by atoms with Crippen molar-refractivity contribution in [1.29, 1.82) is 0 Å². The number of hydrogen-bond acceptors (Lipinski definition) is 4. The lowest BCUT2D eigenvalue weighted by atomic mass is 10.0. The number of halogens is 1. The van der Waals surface area contributed by atoms with E-state index in [9.17, 15) is 14.9 Å². The van der Waals surface area contributed by atoms with Crippen molar-refractivity contribution in [2.45, 2.75) is 25.8 Å². The van der Waals surface area contributed by atoms with Crippen LogP contribution in [-0.2, 0) is 0 Å². The van der Waals surface area contributed by atoms with Crippen LogP contribution in [0, 0.1) is 10.1 Å². The first-order valence-corrected chi connectivity index (χ1v) is 6.02. The third-order valence-corrected chi connectivity index (χ3v) is 2.82. The summed E-state index contributed by atoms with van der Waals surface area (Å²) in [7, 11) is 0. The van der Waals surface area contributed by atoms with E-state index < -0.39 is 16.4 Å². The number of benzene rings is 1. The minimum absolute atomic E-state index is 0.0923. The molecule has 1 rings (SSSR count). The average Bonchev–Trinajstić information content (AvgIpc) is 2.27. The molecule has 19 heavy (non-hydrogen) atoms. The minimum atomic E-state index is -0.665. The molecule has 0 unspecified atom stereocenters. The van der Waals surface area contributed by atoms with E-state index in [2.05, 4.69) is 5.32 Å². The number of carbonyl (C=O) groups is 1. The second-order valence-electron chi connectivity index (χ2n) is 4.73. The summed E-state index contributed by atoms with van der Waals surface area (Å²) < 4.78 is 0. The number of carbonyl (C=O) groups excluding carboxylic acids is 1. The van der Waals surface area contributed by atoms with Gasteiger partial charge in [-0.25, -0.2) is 0 Å². The summed E-state index contributed by atoms with van der Waals surface area (Å²) in [5, 5.41) is 22.6. The second-order valence-corrected chi connectivity index (χ2v) is 5.17. The highest BCUT2D eigenvalue weighted by Crippen LogP contribution is 2.23. The summed E-state index contributed by atoms with van der Waals surface area (Å²) in [5.74, 6) is -0.590. The molecule has 1 aromatic carbocycles. The van der Waals surface area contributed by atoms with Gasteiger partial charge in [-0.2, -0.15) is 0 Å². The third kappa shape index (κ3) is 4.18. The van der Waals surface area contributed by atoms with E-state index in [1.807, 2.05) is 0 Å². The highest BCUT2D eigenvalue weighted by Gasteiger charge is 2.25. The van der Waals surface area contributed by atoms with Crippen LogP contribution in [0.2, 0.25) is 5.02 Å². The van der Waals surface area contributed by atoms with Crippen molar-refractivity contribution in [2.24, 2.45) is 0 Å². The van der Waals surface area contributed by atoms with Gasteiger partial charge in [0.2, 0.25) is 0 Å². The van der Waals surface area contributed by atoms with E-state index in [4.69, 9.17) is 16.7 Å². The molecule has 7 heteroatoms. The molecule has 0 aromatic heterocycles. The molecule has 0 aliphatic heterocycles. The van der Waals surface area contributed by atoms with Crippen molar-refractivity contribution < 1.29 is 14.8 Å². The maximum atomic E-state index is 12.1. The van der Waals surface area contributed by atoms with Crippen LogP contribution in [0.5, 0.6) is 0 Å². The molecular weight excluding hydrogens is 272 g/mol. The van der Waals surface area contributed by atoms with Gasteiger partial charge in [-0.3, -0.25) is 14.9 Å². The number of nitro groups is 1. The zero-order valence-electron chi connectivity index (χ0n) is 10.6. The van der Waals surface area contributed by atoms with E-state index in [0.29, 0.717) is 6.42 Å². The maximum absolute atomic E-state index is 12.1. The quantitative estimate of drug-likeness (QED) is 0.640. The van der Waals surface area contributed by atoms with Crippen LogP contribution in [0.3, 0.4) is 0 Å². The van der Waals surface area contributed by atoms with Crippen molar-refractivity contribution in [3.63, 3.8) is 0 Å². The van der Waals surface area contributed by atoms with Gasteiger partial charge in [0.1, 0.15) is 5.56 Å². The summed E-state index contributed by atoms with van der Waals surface area (Å²) in [4.78, 5) is 22.3. The molecule has 0 spiro atoms. The highest BCUT2D eigenvalue weighted by molar-refractivity contribution is 6.31. The van der Waals surface area contributed by atoms with Gasteiger partial charge < -0.3 is 10.4 Å². The molecule has 0 fully saturated rings. The Bertz CT molecular complexity index is 503. The number of nitro benzene ring substituents is 1. The van der Waals surface area contributed by atoms with Gasteiger partial charge in [0.05, 0.1) is 4.92 Å². The molecule has 2 N–H and O–H groups in total. The fraction of sp³-hybridized carbons (Fsp3) is 0.417. The molecule has 0 bridgehead atoms. The van der Waals surface area contributed by atoms with Gasteiger partial charge in [-0.15, -0.1) is 0 Å². The molecule has 0 saturated carbocycles. The molecule has 0 atom stereocenters. The van der Waals surface area contributed by atoms with Gasteiger partial charge >= 0.3 is 0 Å². The molecule has 104 valence electrons. The average molecular weight is 287 g/mol. The van der Waals surface area contributed by atoms with Gasteiger partial charge in [0.15, 0.2) is 0 Å². The van der Waals surface area contributed by atoms with Crippen LogP contribution in [0.4, 0.5) is 5.69 Å². The number of aliphatic hydroxyl groups is 1. The van der Waals surface area contributed by atoms with Crippen LogP contribution in [-0.4, -0.2) is 28.1 Å². The number of aliphatic hydroxyl groups excluding tert-OH is 1. The number of rotatable bonds is 5. The normalized spacial score (nSPS) is 11.2. The van der Waals surface area contributed by atoms with Crippen molar-refractivity contribution >= 4 is 23.2 Å². The van der Waals surface area contributed by atoms with Crippen molar-refractivity contribution in [2.75, 3.05) is 6.61 Å². The lowest BCUT2D eigenvalue weighted by Crippen LogP contribution is -2.44. The van der Waals surface area contributed by atoms with E-state index in [1.165, 1.54) is 18.2 Å². The molecule has 0 aliphatic rings. The Kier molecular flexibility index (Phi) is 4.85. The van der Waals surface area contributed by atoms with Crippen molar-refractivity contribution in [3.05, 3.63) is 38.9 Å². The Morgan fingerprint density at radius 1 is 1.53 bits per heavy atom. The van der Waals surface area contributed by atoms with E-state index in [-0.39, 0.29) is 22.9 Å². The highest BCUT2D eigenvalue weighted by atomic mass is 35.5. The minimum Gasteiger partial charge on any atom is -0.396 e. The first-order chi connectivity index (χ1) is 8.76. The topological polar surface area (TPSA) is 92.5 Å². The maximum Gasteiger partial charge on any atom is 0.282 e. The first-order valence-electron chi connectivity index (χ1n) is 5.64. The Labute approximate surface area is 115 Å². The van der Waals surface area contributed by atoms with Crippen LogP contribution < -0.4 is 5.32 Å². The zero-order chi connectivity index (χ0) is 14.6. The number of amides is 1. The van der Waals surface area contributed by atoms with E-state index >= 15 is 0 Å². The largest absolute Gasteiger partial charge is 0.396 e. The smallest absolute Gasteiger partial charge is 0.282 e. The summed E-state index contributed by atoms with van der Waals surface area (Å²) in [6.45, 7) is 3.35. The molecule has 1 amide bonds. The lowest BCUT2D eigenvalue weighted by Gasteiger charge is -2.25. The summed E-state index contributed by atoms with van der Waals surface area (Å²) >= 11 is 5.76. The molecule has 0 aliphatic carbocycles. The predicted octanol–water partition coefficient (Wildman–Crippen LogP) is 2.14. The Hall–Kier alpha value is -1.66. The SMILES string of the molecule is CC(C)(CCO)NC(=O)c1cc(Cl)ccc1[N+](=O)[O-]. The fourth-order valence-corrected chi connectivity index (χ4v) is 1.74. The molecule has 6 nitrogen and oxygen atoms in total. The Morgan fingerprint density at radius 3 is 2.68 bits per heavy atom. The molecule has 0 saturated heterocycles. The monoisotopic (exact) mass is 286 g/mol. The Morgan fingerprint density at radius 2 is 2.16 bits per heavy atom. The number of nitrogens with zero attached hydrogens (tertiary/aromatic N) is 1. The molecule has 0 radical (unpaired) electrons. The third-order valence-electron chi connectivity index (χ3n) is 2.59. The second kappa shape index (κ2) is 5.99. The van der Waals surface area contributed by atoms with Gasteiger partial charge in [-0.05, 0) is 32.4 Å². The van der Waals surface area contributed by atoms with Crippen molar-refractivity contribution in [1.82, 2.24) is 5.32 Å². The van der Waals surface area contributed by atoms with Crippen LogP contribution in [0.15, 0.2) is 18.2 Å². The molecule has 0 heterocycles. The van der Waals surface area contributed by atoms with E-state index in [0.717, 1.165) is 0 Å². The zero-order valence-corrected chi connectivity index (χ0v) is 11.4. The van der Waals surface area contributed by atoms with Crippen LogP contribution >= 0.6 is 11.6 Å². The summed E-state index contributed by atoms with van der Waals surface area (Å²) in [6, 6.07) is 3.80. The Balaban J connectivity index is 3.05. The van der Waals surface area contributed by atoms with Crippen LogP contribution in [0.1, 0.15) is 30.6 Å². The molecule has 1 aromatic rings. The van der Waals surface area contributed by atoms with Gasteiger partial charge in [0.25, 0.3) is 11.6 Å².